The predicted molar refractivity (Wildman–Crippen MR) is 104 cm³/mol. The third-order valence-electron chi connectivity index (χ3n) is 3.95. The zero-order valence-electron chi connectivity index (χ0n) is 14.2. The summed E-state index contributed by atoms with van der Waals surface area (Å²) in [6, 6.07) is 16.1. The van der Waals surface area contributed by atoms with Gasteiger partial charge in [-0.1, -0.05) is 23.7 Å². The summed E-state index contributed by atoms with van der Waals surface area (Å²) in [5.74, 6) is 0.981. The van der Waals surface area contributed by atoms with E-state index >= 15 is 0 Å². The van der Waals surface area contributed by atoms with Crippen molar-refractivity contribution in [1.29, 1.82) is 0 Å². The monoisotopic (exact) mass is 381 g/mol. The van der Waals surface area contributed by atoms with Gasteiger partial charge >= 0.3 is 0 Å². The number of hydrogen-bond donors (Lipinski definition) is 2. The van der Waals surface area contributed by atoms with Crippen molar-refractivity contribution in [3.8, 4) is 11.5 Å². The molecule has 2 N–H and O–H groups in total. The maximum atomic E-state index is 12.4. The van der Waals surface area contributed by atoms with Gasteiger partial charge in [-0.15, -0.1) is 0 Å². The highest BCUT2D eigenvalue weighted by Crippen LogP contribution is 2.32. The summed E-state index contributed by atoms with van der Waals surface area (Å²) in [6.07, 6.45) is 1.59. The summed E-state index contributed by atoms with van der Waals surface area (Å²) < 4.78 is 11.0. The Hall–Kier alpha value is -3.25. The molecule has 27 heavy (non-hydrogen) atoms. The summed E-state index contributed by atoms with van der Waals surface area (Å²) in [7, 11) is 0. The second kappa shape index (κ2) is 7.55. The molecule has 0 saturated heterocycles. The van der Waals surface area contributed by atoms with E-state index in [-0.39, 0.29) is 5.91 Å². The highest BCUT2D eigenvalue weighted by molar-refractivity contribution is 6.33. The van der Waals surface area contributed by atoms with E-state index in [2.05, 4.69) is 15.6 Å². The zero-order valence-corrected chi connectivity index (χ0v) is 15.0. The molecule has 1 aliphatic rings. The van der Waals surface area contributed by atoms with Gasteiger partial charge in [0.15, 0.2) is 11.5 Å². The summed E-state index contributed by atoms with van der Waals surface area (Å²) in [5.41, 5.74) is 2.42. The molecule has 0 fully saturated rings. The minimum Gasteiger partial charge on any atom is -0.486 e. The fourth-order valence-electron chi connectivity index (χ4n) is 2.64. The Bertz CT molecular complexity index is 976. The van der Waals surface area contributed by atoms with Crippen LogP contribution < -0.4 is 20.1 Å². The van der Waals surface area contributed by atoms with Gasteiger partial charge in [0.25, 0.3) is 5.91 Å². The van der Waals surface area contributed by atoms with E-state index in [4.69, 9.17) is 21.1 Å². The number of halogens is 1. The molecule has 0 bridgehead atoms. The third-order valence-corrected chi connectivity index (χ3v) is 4.28. The number of fused-ring (bicyclic) bond motifs is 1. The maximum absolute atomic E-state index is 12.4. The summed E-state index contributed by atoms with van der Waals surface area (Å²) >= 11 is 6.13. The topological polar surface area (TPSA) is 72.5 Å². The molecule has 2 aromatic carbocycles. The number of nitrogens with one attached hydrogen (secondary N) is 2. The molecule has 136 valence electrons. The lowest BCUT2D eigenvalue weighted by molar-refractivity contribution is 0.102. The van der Waals surface area contributed by atoms with Crippen LogP contribution in [0.1, 0.15) is 10.5 Å². The Morgan fingerprint density at radius 1 is 0.963 bits per heavy atom. The molecular formula is C20H16ClN3O3. The fourth-order valence-corrected chi connectivity index (χ4v) is 2.82. The third kappa shape index (κ3) is 3.96. The number of carbonyl (C=O) groups excluding carboxylic acids is 1. The van der Waals surface area contributed by atoms with E-state index in [9.17, 15) is 4.79 Å². The summed E-state index contributed by atoms with van der Waals surface area (Å²) in [5, 5.41) is 6.58. The van der Waals surface area contributed by atoms with Crippen molar-refractivity contribution in [2.24, 2.45) is 0 Å². The molecule has 0 radical (unpaired) electrons. The Kier molecular flexibility index (Phi) is 4.80. The Balaban J connectivity index is 1.44. The lowest BCUT2D eigenvalue weighted by Gasteiger charge is -2.19. The second-order valence-electron chi connectivity index (χ2n) is 5.85. The average molecular weight is 382 g/mol. The Morgan fingerprint density at radius 2 is 1.74 bits per heavy atom. The molecule has 0 saturated carbocycles. The van der Waals surface area contributed by atoms with Crippen LogP contribution in [0.25, 0.3) is 0 Å². The maximum Gasteiger partial charge on any atom is 0.274 e. The van der Waals surface area contributed by atoms with Crippen molar-refractivity contribution in [3.63, 3.8) is 0 Å². The average Bonchev–Trinajstić information content (AvgIpc) is 2.70. The zero-order chi connectivity index (χ0) is 18.6. The van der Waals surface area contributed by atoms with E-state index in [1.807, 2.05) is 18.2 Å². The molecule has 4 rings (SSSR count). The van der Waals surface area contributed by atoms with Crippen molar-refractivity contribution >= 4 is 34.6 Å². The standard InChI is InChI=1S/C20H16ClN3O3/c21-15-3-1-2-4-16(15)23-14-5-7-17(22-12-14)20(25)24-13-6-8-18-19(11-13)27-10-9-26-18/h1-8,11-12,23H,9-10H2,(H,24,25). The molecule has 1 amide bonds. The first-order valence-electron chi connectivity index (χ1n) is 8.38. The van der Waals surface area contributed by atoms with Gasteiger partial charge in [-0.2, -0.15) is 0 Å². The first-order chi connectivity index (χ1) is 13.2. The quantitative estimate of drug-likeness (QED) is 0.696. The van der Waals surface area contributed by atoms with Crippen LogP contribution in [0, 0.1) is 0 Å². The van der Waals surface area contributed by atoms with Crippen LogP contribution in [-0.2, 0) is 0 Å². The van der Waals surface area contributed by atoms with Gasteiger partial charge in [0.1, 0.15) is 18.9 Å². The smallest absolute Gasteiger partial charge is 0.274 e. The molecule has 2 heterocycles. The molecule has 3 aromatic rings. The number of anilines is 3. The number of pyridine rings is 1. The molecule has 0 unspecified atom stereocenters. The fraction of sp³-hybridized carbons (Fsp3) is 0.100. The SMILES string of the molecule is O=C(Nc1ccc2c(c1)OCCO2)c1ccc(Nc2ccccc2Cl)cn1. The first-order valence-corrected chi connectivity index (χ1v) is 8.75. The van der Waals surface area contributed by atoms with Gasteiger partial charge in [0, 0.05) is 11.8 Å². The molecule has 1 aromatic heterocycles. The van der Waals surface area contributed by atoms with E-state index in [0.717, 1.165) is 11.4 Å². The highest BCUT2D eigenvalue weighted by atomic mass is 35.5. The number of rotatable bonds is 4. The van der Waals surface area contributed by atoms with E-state index in [0.29, 0.717) is 41.1 Å². The largest absolute Gasteiger partial charge is 0.486 e. The van der Waals surface area contributed by atoms with Crippen LogP contribution in [0.15, 0.2) is 60.8 Å². The van der Waals surface area contributed by atoms with Gasteiger partial charge in [0.2, 0.25) is 0 Å². The number of ether oxygens (including phenoxy) is 2. The molecule has 0 spiro atoms. The minimum absolute atomic E-state index is 0.301. The number of aromatic nitrogens is 1. The second-order valence-corrected chi connectivity index (χ2v) is 6.26. The Labute approximate surface area is 161 Å². The van der Waals surface area contributed by atoms with Gasteiger partial charge in [-0.25, -0.2) is 4.98 Å². The van der Waals surface area contributed by atoms with Crippen LogP contribution in [0.4, 0.5) is 17.1 Å². The van der Waals surface area contributed by atoms with Crippen LogP contribution in [0.5, 0.6) is 11.5 Å². The van der Waals surface area contributed by atoms with Gasteiger partial charge in [0.05, 0.1) is 22.6 Å². The molecule has 0 aliphatic carbocycles. The van der Waals surface area contributed by atoms with Crippen molar-refractivity contribution in [2.45, 2.75) is 0 Å². The minimum atomic E-state index is -0.309. The number of hydrogen-bond acceptors (Lipinski definition) is 5. The van der Waals surface area contributed by atoms with Crippen LogP contribution in [0.3, 0.4) is 0 Å². The lowest BCUT2D eigenvalue weighted by Crippen LogP contribution is -2.17. The predicted octanol–water partition coefficient (Wildman–Crippen LogP) is 4.50. The number of amides is 1. The highest BCUT2D eigenvalue weighted by Gasteiger charge is 2.14. The van der Waals surface area contributed by atoms with Gasteiger partial charge in [-0.05, 0) is 36.4 Å². The van der Waals surface area contributed by atoms with Crippen molar-refractivity contribution in [2.75, 3.05) is 23.8 Å². The van der Waals surface area contributed by atoms with Crippen molar-refractivity contribution < 1.29 is 14.3 Å². The van der Waals surface area contributed by atoms with E-state index in [1.54, 1.807) is 42.6 Å². The molecule has 7 heteroatoms. The first kappa shape index (κ1) is 17.2. The molecule has 1 aliphatic heterocycles. The lowest BCUT2D eigenvalue weighted by atomic mass is 10.2. The van der Waals surface area contributed by atoms with Crippen LogP contribution >= 0.6 is 11.6 Å². The normalized spacial score (nSPS) is 12.3. The van der Waals surface area contributed by atoms with Crippen molar-refractivity contribution in [1.82, 2.24) is 4.98 Å². The number of para-hydroxylation sites is 1. The van der Waals surface area contributed by atoms with E-state index < -0.39 is 0 Å². The van der Waals surface area contributed by atoms with Crippen molar-refractivity contribution in [3.05, 3.63) is 71.5 Å². The molecule has 6 nitrogen and oxygen atoms in total. The van der Waals surface area contributed by atoms with Gasteiger partial charge < -0.3 is 20.1 Å². The number of benzene rings is 2. The van der Waals surface area contributed by atoms with Gasteiger partial charge in [-0.3, -0.25) is 4.79 Å². The van der Waals surface area contributed by atoms with E-state index in [1.165, 1.54) is 0 Å². The molecule has 0 atom stereocenters. The number of nitrogens with zero attached hydrogens (tertiary/aromatic N) is 1. The van der Waals surface area contributed by atoms with Crippen LogP contribution in [0.2, 0.25) is 5.02 Å². The number of carbonyl (C=O) groups is 1. The molecular weight excluding hydrogens is 366 g/mol. The Morgan fingerprint density at radius 3 is 2.52 bits per heavy atom. The summed E-state index contributed by atoms with van der Waals surface area (Å²) in [6.45, 7) is 1.02. The van der Waals surface area contributed by atoms with Crippen LogP contribution in [-0.4, -0.2) is 24.1 Å². The summed E-state index contributed by atoms with van der Waals surface area (Å²) in [4.78, 5) is 16.6.